The van der Waals surface area contributed by atoms with Gasteiger partial charge >= 0.3 is 6.29 Å². The van der Waals surface area contributed by atoms with Crippen LogP contribution in [0, 0.1) is 5.92 Å². The predicted octanol–water partition coefficient (Wildman–Crippen LogP) is 4.02. The summed E-state index contributed by atoms with van der Waals surface area (Å²) >= 11 is 0. The van der Waals surface area contributed by atoms with Gasteiger partial charge in [-0.25, -0.2) is 0 Å². The Morgan fingerprint density at radius 2 is 1.81 bits per heavy atom. The number of hydrogen-bond donors (Lipinski definition) is 1. The van der Waals surface area contributed by atoms with Crippen molar-refractivity contribution in [2.24, 2.45) is 5.92 Å². The van der Waals surface area contributed by atoms with Gasteiger partial charge in [0.25, 0.3) is 5.91 Å². The van der Waals surface area contributed by atoms with Crippen molar-refractivity contribution in [3.05, 3.63) is 53.6 Å². The first-order valence-electron chi connectivity index (χ1n) is 8.72. The Morgan fingerprint density at radius 1 is 1.11 bits per heavy atom. The number of amides is 1. The van der Waals surface area contributed by atoms with Crippen LogP contribution in [0.2, 0.25) is 0 Å². The minimum absolute atomic E-state index is 0.0151. The molecule has 7 heteroatoms. The van der Waals surface area contributed by atoms with Crippen LogP contribution in [0.5, 0.6) is 17.2 Å². The van der Waals surface area contributed by atoms with Gasteiger partial charge in [0.2, 0.25) is 0 Å². The number of hydrogen-bond acceptors (Lipinski definition) is 4. The third-order valence-corrected chi connectivity index (χ3v) is 3.92. The van der Waals surface area contributed by atoms with Crippen molar-refractivity contribution in [2.45, 2.75) is 26.6 Å². The van der Waals surface area contributed by atoms with Crippen LogP contribution in [-0.4, -0.2) is 25.4 Å². The summed E-state index contributed by atoms with van der Waals surface area (Å²) in [6.07, 6.45) is -3.03. The minimum Gasteiger partial charge on any atom is -0.493 e. The molecule has 1 aliphatic rings. The van der Waals surface area contributed by atoms with E-state index in [1.54, 1.807) is 18.2 Å². The van der Waals surface area contributed by atoms with Gasteiger partial charge in [0.1, 0.15) is 5.75 Å². The summed E-state index contributed by atoms with van der Waals surface area (Å²) in [7, 11) is 0. The Morgan fingerprint density at radius 3 is 2.52 bits per heavy atom. The van der Waals surface area contributed by atoms with Gasteiger partial charge in [-0.05, 0) is 35.7 Å². The quantitative estimate of drug-likeness (QED) is 0.792. The van der Waals surface area contributed by atoms with Crippen LogP contribution in [0.15, 0.2) is 42.5 Å². The summed E-state index contributed by atoms with van der Waals surface area (Å²) in [6, 6.07) is 11.6. The van der Waals surface area contributed by atoms with E-state index in [0.29, 0.717) is 36.8 Å². The number of ether oxygens (including phenoxy) is 3. The van der Waals surface area contributed by atoms with Crippen LogP contribution in [-0.2, 0) is 6.42 Å². The van der Waals surface area contributed by atoms with Crippen molar-refractivity contribution in [3.8, 4) is 17.2 Å². The molecule has 0 saturated heterocycles. The fraction of sp³-hybridized carbons (Fsp3) is 0.350. The van der Waals surface area contributed by atoms with E-state index in [0.717, 1.165) is 5.56 Å². The minimum atomic E-state index is -3.63. The van der Waals surface area contributed by atoms with E-state index in [1.165, 1.54) is 12.1 Å². The Kier molecular flexibility index (Phi) is 5.48. The molecule has 0 fully saturated rings. The van der Waals surface area contributed by atoms with Crippen LogP contribution < -0.4 is 19.5 Å². The van der Waals surface area contributed by atoms with Crippen LogP contribution in [0.25, 0.3) is 0 Å². The van der Waals surface area contributed by atoms with Crippen molar-refractivity contribution >= 4 is 5.91 Å². The number of fused-ring (bicyclic) bond motifs is 1. The first kappa shape index (κ1) is 18.9. The maximum absolute atomic E-state index is 13.0. The molecule has 1 amide bonds. The van der Waals surface area contributed by atoms with E-state index in [2.05, 4.69) is 14.8 Å². The van der Waals surface area contributed by atoms with Crippen molar-refractivity contribution in [1.29, 1.82) is 0 Å². The molecule has 1 aliphatic heterocycles. The van der Waals surface area contributed by atoms with Crippen LogP contribution in [0.4, 0.5) is 8.78 Å². The molecule has 0 atom stereocenters. The highest BCUT2D eigenvalue weighted by Gasteiger charge is 2.43. The third kappa shape index (κ3) is 5.09. The van der Waals surface area contributed by atoms with Gasteiger partial charge < -0.3 is 19.5 Å². The normalized spacial score (nSPS) is 14.3. The molecule has 1 N–H and O–H groups in total. The third-order valence-electron chi connectivity index (χ3n) is 3.92. The lowest BCUT2D eigenvalue weighted by Gasteiger charge is -2.09. The molecule has 0 spiro atoms. The van der Waals surface area contributed by atoms with Crippen molar-refractivity contribution < 1.29 is 27.8 Å². The number of nitrogens with one attached hydrogen (secondary N) is 1. The molecule has 144 valence electrons. The summed E-state index contributed by atoms with van der Waals surface area (Å²) in [5, 5.41) is 2.87. The van der Waals surface area contributed by atoms with Crippen molar-refractivity contribution in [3.63, 3.8) is 0 Å². The highest BCUT2D eigenvalue weighted by atomic mass is 19.3. The summed E-state index contributed by atoms with van der Waals surface area (Å²) < 4.78 is 40.3. The molecular formula is C20H21F2NO4. The second-order valence-corrected chi connectivity index (χ2v) is 6.68. The number of halogens is 2. The van der Waals surface area contributed by atoms with E-state index in [-0.39, 0.29) is 17.4 Å². The van der Waals surface area contributed by atoms with Crippen LogP contribution in [0.3, 0.4) is 0 Å². The molecule has 0 saturated carbocycles. The Balaban J connectivity index is 1.49. The standard InChI is InChI=1S/C20H21F2NO4/c1-13(2)12-23-19(24)15-5-3-14(4-6-15)9-10-25-16-7-8-17-18(11-16)27-20(21,22)26-17/h3-8,11,13H,9-10,12H2,1-2H3,(H,23,24). The first-order valence-corrected chi connectivity index (χ1v) is 8.72. The zero-order valence-corrected chi connectivity index (χ0v) is 15.1. The molecule has 27 heavy (non-hydrogen) atoms. The Bertz CT molecular complexity index is 806. The number of carbonyl (C=O) groups is 1. The molecule has 5 nitrogen and oxygen atoms in total. The molecule has 0 radical (unpaired) electrons. The van der Waals surface area contributed by atoms with Gasteiger partial charge in [-0.2, -0.15) is 0 Å². The molecular weight excluding hydrogens is 356 g/mol. The van der Waals surface area contributed by atoms with Gasteiger partial charge in [-0.1, -0.05) is 26.0 Å². The summed E-state index contributed by atoms with van der Waals surface area (Å²) in [5.41, 5.74) is 1.61. The van der Waals surface area contributed by atoms with Crippen molar-refractivity contribution in [1.82, 2.24) is 5.32 Å². The molecule has 2 aromatic rings. The molecule has 0 aliphatic carbocycles. The predicted molar refractivity (Wildman–Crippen MR) is 95.5 cm³/mol. The average Bonchev–Trinajstić information content (AvgIpc) is 2.93. The van der Waals surface area contributed by atoms with Gasteiger partial charge in [0.05, 0.1) is 6.61 Å². The number of carbonyl (C=O) groups excluding carboxylic acids is 1. The van der Waals surface area contributed by atoms with E-state index < -0.39 is 6.29 Å². The average molecular weight is 377 g/mol. The fourth-order valence-corrected chi connectivity index (χ4v) is 2.53. The first-order chi connectivity index (χ1) is 12.8. The highest BCUT2D eigenvalue weighted by molar-refractivity contribution is 5.94. The number of rotatable bonds is 7. The summed E-state index contributed by atoms with van der Waals surface area (Å²) in [6.45, 7) is 5.06. The molecule has 0 aromatic heterocycles. The molecule has 3 rings (SSSR count). The van der Waals surface area contributed by atoms with E-state index in [9.17, 15) is 13.6 Å². The second-order valence-electron chi connectivity index (χ2n) is 6.68. The zero-order chi connectivity index (χ0) is 19.4. The topological polar surface area (TPSA) is 56.8 Å². The number of alkyl halides is 2. The van der Waals surface area contributed by atoms with Gasteiger partial charge in [-0.3, -0.25) is 4.79 Å². The Labute approximate surface area is 156 Å². The largest absolute Gasteiger partial charge is 0.586 e. The highest BCUT2D eigenvalue weighted by Crippen LogP contribution is 2.42. The SMILES string of the molecule is CC(C)CNC(=O)c1ccc(CCOc2ccc3c(c2)OC(F)(F)O3)cc1. The van der Waals surface area contributed by atoms with Gasteiger partial charge in [0.15, 0.2) is 11.5 Å². The molecule has 2 aromatic carbocycles. The Hall–Kier alpha value is -2.83. The lowest BCUT2D eigenvalue weighted by atomic mass is 10.1. The molecule has 0 bridgehead atoms. The number of benzene rings is 2. The van der Waals surface area contributed by atoms with E-state index >= 15 is 0 Å². The van der Waals surface area contributed by atoms with Gasteiger partial charge in [0, 0.05) is 24.6 Å². The van der Waals surface area contributed by atoms with Crippen molar-refractivity contribution in [2.75, 3.05) is 13.2 Å². The van der Waals surface area contributed by atoms with E-state index in [4.69, 9.17) is 4.74 Å². The lowest BCUT2D eigenvalue weighted by Crippen LogP contribution is -2.27. The zero-order valence-electron chi connectivity index (χ0n) is 15.1. The monoisotopic (exact) mass is 377 g/mol. The second kappa shape index (κ2) is 7.82. The van der Waals surface area contributed by atoms with Crippen LogP contribution in [0.1, 0.15) is 29.8 Å². The maximum atomic E-state index is 13.0. The van der Waals surface area contributed by atoms with Gasteiger partial charge in [-0.15, -0.1) is 8.78 Å². The molecule has 0 unspecified atom stereocenters. The molecule has 1 heterocycles. The maximum Gasteiger partial charge on any atom is 0.586 e. The fourth-order valence-electron chi connectivity index (χ4n) is 2.53. The summed E-state index contributed by atoms with van der Waals surface area (Å²) in [5.74, 6) is 0.657. The summed E-state index contributed by atoms with van der Waals surface area (Å²) in [4.78, 5) is 12.0. The van der Waals surface area contributed by atoms with Crippen LogP contribution >= 0.6 is 0 Å². The van der Waals surface area contributed by atoms with E-state index in [1.807, 2.05) is 26.0 Å². The smallest absolute Gasteiger partial charge is 0.493 e. The lowest BCUT2D eigenvalue weighted by molar-refractivity contribution is -0.286.